The molecule has 1 unspecified atom stereocenters. The summed E-state index contributed by atoms with van der Waals surface area (Å²) in [5.41, 5.74) is 11.9. The third-order valence-corrected chi connectivity index (χ3v) is 3.13. The van der Waals surface area contributed by atoms with Crippen molar-refractivity contribution >= 4 is 29.1 Å². The van der Waals surface area contributed by atoms with Gasteiger partial charge in [0.25, 0.3) is 0 Å². The van der Waals surface area contributed by atoms with Crippen LogP contribution >= 0.6 is 23.2 Å². The molecule has 0 aliphatic rings. The Bertz CT molecular complexity index is 396. The van der Waals surface area contributed by atoms with E-state index in [1.165, 1.54) is 0 Å². The van der Waals surface area contributed by atoms with Gasteiger partial charge >= 0.3 is 0 Å². The molecule has 1 aromatic rings. The molecule has 0 saturated heterocycles. The van der Waals surface area contributed by atoms with Gasteiger partial charge in [-0.15, -0.1) is 0 Å². The lowest BCUT2D eigenvalue weighted by Gasteiger charge is -2.13. The van der Waals surface area contributed by atoms with E-state index in [2.05, 4.69) is 0 Å². The fraction of sp³-hybridized carbons (Fsp3) is 0.417. The lowest BCUT2D eigenvalue weighted by molar-refractivity contribution is -0.118. The van der Waals surface area contributed by atoms with Gasteiger partial charge in [0.1, 0.15) is 0 Å². The average Bonchev–Trinajstić information content (AvgIpc) is 2.27. The van der Waals surface area contributed by atoms with Crippen molar-refractivity contribution in [2.24, 2.45) is 11.5 Å². The molecule has 0 saturated carbocycles. The van der Waals surface area contributed by atoms with Crippen molar-refractivity contribution in [2.75, 3.05) is 0 Å². The van der Waals surface area contributed by atoms with Crippen LogP contribution in [0.3, 0.4) is 0 Å². The third kappa shape index (κ3) is 4.94. The fourth-order valence-electron chi connectivity index (χ4n) is 1.62. The molecule has 0 bridgehead atoms. The highest BCUT2D eigenvalue weighted by Gasteiger charge is 2.10. The van der Waals surface area contributed by atoms with E-state index >= 15 is 0 Å². The molecule has 1 rings (SSSR count). The van der Waals surface area contributed by atoms with Gasteiger partial charge in [-0.3, -0.25) is 4.79 Å². The number of nitrogens with two attached hydrogens (primary N) is 2. The Balaban J connectivity index is 2.49. The molecular weight excluding hydrogens is 259 g/mol. The van der Waals surface area contributed by atoms with E-state index in [0.29, 0.717) is 16.5 Å². The van der Waals surface area contributed by atoms with Crippen molar-refractivity contribution in [1.29, 1.82) is 0 Å². The zero-order valence-electron chi connectivity index (χ0n) is 9.46. The predicted molar refractivity (Wildman–Crippen MR) is 71.1 cm³/mol. The first-order valence-electron chi connectivity index (χ1n) is 5.49. The van der Waals surface area contributed by atoms with Crippen LogP contribution in [0.2, 0.25) is 10.0 Å². The maximum atomic E-state index is 10.6. The summed E-state index contributed by atoms with van der Waals surface area (Å²) in [5, 5.41) is 1.24. The number of amides is 1. The summed E-state index contributed by atoms with van der Waals surface area (Å²) < 4.78 is 0. The zero-order valence-corrected chi connectivity index (χ0v) is 11.0. The molecule has 1 aromatic carbocycles. The van der Waals surface area contributed by atoms with Gasteiger partial charge in [-0.1, -0.05) is 29.6 Å². The van der Waals surface area contributed by atoms with E-state index in [1.807, 2.05) is 0 Å². The van der Waals surface area contributed by atoms with E-state index in [-0.39, 0.29) is 11.9 Å². The van der Waals surface area contributed by atoms with Crippen LogP contribution in [0.5, 0.6) is 0 Å². The summed E-state index contributed by atoms with van der Waals surface area (Å²) in [6.45, 7) is 0. The Morgan fingerprint density at radius 1 is 1.29 bits per heavy atom. The molecule has 3 nitrogen and oxygen atoms in total. The monoisotopic (exact) mass is 274 g/mol. The first-order valence-corrected chi connectivity index (χ1v) is 6.25. The molecule has 0 radical (unpaired) electrons. The Morgan fingerprint density at radius 2 is 2.00 bits per heavy atom. The maximum Gasteiger partial charge on any atom is 0.217 e. The minimum absolute atomic E-state index is 0.158. The number of unbranched alkanes of at least 4 members (excludes halogenated alkanes) is 1. The summed E-state index contributed by atoms with van der Waals surface area (Å²) >= 11 is 11.9. The number of halogens is 2. The molecule has 0 aromatic heterocycles. The Hall–Kier alpha value is -0.770. The van der Waals surface area contributed by atoms with Crippen LogP contribution in [0.15, 0.2) is 18.2 Å². The van der Waals surface area contributed by atoms with Crippen LogP contribution in [0.4, 0.5) is 0 Å². The quantitative estimate of drug-likeness (QED) is 0.783. The molecule has 0 fully saturated rings. The largest absolute Gasteiger partial charge is 0.370 e. The van der Waals surface area contributed by atoms with Crippen LogP contribution in [0.25, 0.3) is 0 Å². The van der Waals surface area contributed by atoms with Crippen molar-refractivity contribution in [1.82, 2.24) is 0 Å². The topological polar surface area (TPSA) is 69.1 Å². The van der Waals surface area contributed by atoms with Gasteiger partial charge in [-0.05, 0) is 36.6 Å². The molecule has 5 heteroatoms. The van der Waals surface area contributed by atoms with Gasteiger partial charge in [-0.25, -0.2) is 0 Å². The second kappa shape index (κ2) is 6.84. The highest BCUT2D eigenvalue weighted by Crippen LogP contribution is 2.27. The molecule has 94 valence electrons. The Kier molecular flexibility index (Phi) is 5.75. The lowest BCUT2D eigenvalue weighted by Crippen LogP contribution is -2.12. The number of hydrogen-bond acceptors (Lipinski definition) is 2. The molecule has 0 aliphatic carbocycles. The lowest BCUT2D eigenvalue weighted by atomic mass is 10.0. The summed E-state index contributed by atoms with van der Waals surface area (Å²) in [5.74, 6) is -0.278. The van der Waals surface area contributed by atoms with Gasteiger partial charge < -0.3 is 11.5 Å². The van der Waals surface area contributed by atoms with Gasteiger partial charge in [0.15, 0.2) is 0 Å². The van der Waals surface area contributed by atoms with Crippen LogP contribution < -0.4 is 11.5 Å². The van der Waals surface area contributed by atoms with Crippen LogP contribution in [0, 0.1) is 0 Å². The molecule has 0 spiro atoms. The minimum atomic E-state index is -0.278. The third-order valence-electron chi connectivity index (χ3n) is 2.55. The number of benzene rings is 1. The highest BCUT2D eigenvalue weighted by atomic mass is 35.5. The number of primary amides is 1. The van der Waals surface area contributed by atoms with Gasteiger partial charge in [0, 0.05) is 22.5 Å². The van der Waals surface area contributed by atoms with Gasteiger partial charge in [0.2, 0.25) is 5.91 Å². The number of carbonyl (C=O) groups is 1. The van der Waals surface area contributed by atoms with Crippen LogP contribution in [-0.2, 0) is 4.79 Å². The number of rotatable bonds is 6. The fourth-order valence-corrected chi connectivity index (χ4v) is 2.06. The molecular formula is C12H16Cl2N2O. The van der Waals surface area contributed by atoms with Crippen molar-refractivity contribution in [2.45, 2.75) is 31.7 Å². The molecule has 1 amide bonds. The molecule has 0 heterocycles. The highest BCUT2D eigenvalue weighted by molar-refractivity contribution is 6.33. The first-order chi connectivity index (χ1) is 8.00. The smallest absolute Gasteiger partial charge is 0.217 e. The summed E-state index contributed by atoms with van der Waals surface area (Å²) in [6, 6.07) is 5.09. The normalized spacial score (nSPS) is 12.4. The Morgan fingerprint density at radius 3 is 2.65 bits per heavy atom. The number of carbonyl (C=O) groups excluding carboxylic acids is 1. The van der Waals surface area contributed by atoms with E-state index in [1.54, 1.807) is 18.2 Å². The predicted octanol–water partition coefficient (Wildman–Crippen LogP) is 3.04. The van der Waals surface area contributed by atoms with Crippen molar-refractivity contribution < 1.29 is 4.79 Å². The molecule has 1 atom stereocenters. The molecule has 0 aliphatic heterocycles. The number of hydrogen-bond donors (Lipinski definition) is 2. The van der Waals surface area contributed by atoms with Gasteiger partial charge in [0.05, 0.1) is 0 Å². The minimum Gasteiger partial charge on any atom is -0.370 e. The van der Waals surface area contributed by atoms with E-state index in [9.17, 15) is 4.79 Å². The standard InChI is InChI=1S/C12H16Cl2N2O/c13-8-5-6-10(14)9(7-8)11(15)3-1-2-4-12(16)17/h5-7,11H,1-4,15H2,(H2,16,17). The van der Waals surface area contributed by atoms with Crippen LogP contribution in [-0.4, -0.2) is 5.91 Å². The van der Waals surface area contributed by atoms with E-state index in [0.717, 1.165) is 24.8 Å². The summed E-state index contributed by atoms with van der Waals surface area (Å²) in [4.78, 5) is 10.6. The zero-order chi connectivity index (χ0) is 12.8. The van der Waals surface area contributed by atoms with E-state index in [4.69, 9.17) is 34.7 Å². The second-order valence-corrected chi connectivity index (χ2v) is 4.83. The average molecular weight is 275 g/mol. The second-order valence-electron chi connectivity index (χ2n) is 3.98. The van der Waals surface area contributed by atoms with Crippen molar-refractivity contribution in [3.8, 4) is 0 Å². The SMILES string of the molecule is NC(=O)CCCCC(N)c1cc(Cl)ccc1Cl. The maximum absolute atomic E-state index is 10.6. The summed E-state index contributed by atoms with van der Waals surface area (Å²) in [7, 11) is 0. The Labute approximate surface area is 111 Å². The molecule has 17 heavy (non-hydrogen) atoms. The molecule has 4 N–H and O–H groups in total. The van der Waals surface area contributed by atoms with Crippen LogP contribution in [0.1, 0.15) is 37.3 Å². The van der Waals surface area contributed by atoms with E-state index < -0.39 is 0 Å². The first kappa shape index (κ1) is 14.3. The summed E-state index contributed by atoms with van der Waals surface area (Å²) in [6.07, 6.45) is 2.75. The van der Waals surface area contributed by atoms with Gasteiger partial charge in [-0.2, -0.15) is 0 Å². The van der Waals surface area contributed by atoms with Crippen molar-refractivity contribution in [3.05, 3.63) is 33.8 Å². The van der Waals surface area contributed by atoms with Crippen molar-refractivity contribution in [3.63, 3.8) is 0 Å².